The standard InChI is InChI=1S/C19H21ClN2O4S/c1-2-14-5-3-4-6-18(14)21-19(23)16-13-15(7-8-17(16)20)27(24,25)22-9-11-26-12-10-22/h3-8,13H,2,9-12H2,1H3,(H,21,23). The first-order chi connectivity index (χ1) is 12.9. The number of nitrogens with one attached hydrogen (secondary N) is 1. The fraction of sp³-hybridized carbons (Fsp3) is 0.316. The minimum atomic E-state index is -3.71. The van der Waals surface area contributed by atoms with E-state index in [0.29, 0.717) is 18.9 Å². The molecular formula is C19H21ClN2O4S. The third-order valence-corrected chi connectivity index (χ3v) is 6.66. The molecule has 2 aromatic carbocycles. The number of hydrogen-bond acceptors (Lipinski definition) is 4. The van der Waals surface area contributed by atoms with E-state index in [2.05, 4.69) is 5.32 Å². The maximum atomic E-state index is 12.8. The van der Waals surface area contributed by atoms with Crippen molar-refractivity contribution in [1.82, 2.24) is 4.31 Å². The van der Waals surface area contributed by atoms with Crippen molar-refractivity contribution < 1.29 is 17.9 Å². The average Bonchev–Trinajstić information content (AvgIpc) is 2.69. The van der Waals surface area contributed by atoms with Gasteiger partial charge in [-0.1, -0.05) is 36.7 Å². The van der Waals surface area contributed by atoms with Crippen molar-refractivity contribution in [1.29, 1.82) is 0 Å². The lowest BCUT2D eigenvalue weighted by atomic mass is 10.1. The number of hydrogen-bond donors (Lipinski definition) is 1. The molecule has 27 heavy (non-hydrogen) atoms. The highest BCUT2D eigenvalue weighted by atomic mass is 35.5. The second-order valence-corrected chi connectivity index (χ2v) is 8.47. The van der Waals surface area contributed by atoms with E-state index in [0.717, 1.165) is 12.0 Å². The third-order valence-electron chi connectivity index (χ3n) is 4.44. The quantitative estimate of drug-likeness (QED) is 0.824. The van der Waals surface area contributed by atoms with Crippen molar-refractivity contribution in [2.75, 3.05) is 31.6 Å². The summed E-state index contributed by atoms with van der Waals surface area (Å²) >= 11 is 6.18. The highest BCUT2D eigenvalue weighted by Gasteiger charge is 2.27. The number of nitrogens with zero attached hydrogens (tertiary/aromatic N) is 1. The molecule has 3 rings (SSSR count). The van der Waals surface area contributed by atoms with Crippen molar-refractivity contribution in [3.8, 4) is 0 Å². The minimum Gasteiger partial charge on any atom is -0.379 e. The molecule has 0 unspecified atom stereocenters. The van der Waals surface area contributed by atoms with Crippen LogP contribution in [0, 0.1) is 0 Å². The van der Waals surface area contributed by atoms with Gasteiger partial charge in [-0.2, -0.15) is 4.31 Å². The maximum absolute atomic E-state index is 12.8. The number of ether oxygens (including phenoxy) is 1. The van der Waals surface area contributed by atoms with Crippen LogP contribution in [0.4, 0.5) is 5.69 Å². The molecule has 0 saturated carbocycles. The molecule has 0 aromatic heterocycles. The fourth-order valence-electron chi connectivity index (χ4n) is 2.92. The Morgan fingerprint density at radius 3 is 2.59 bits per heavy atom. The van der Waals surface area contributed by atoms with Gasteiger partial charge in [0.25, 0.3) is 5.91 Å². The number of sulfonamides is 1. The van der Waals surface area contributed by atoms with E-state index in [1.165, 1.54) is 22.5 Å². The minimum absolute atomic E-state index is 0.0442. The van der Waals surface area contributed by atoms with Gasteiger partial charge >= 0.3 is 0 Å². The number of anilines is 1. The van der Waals surface area contributed by atoms with Crippen LogP contribution < -0.4 is 5.32 Å². The monoisotopic (exact) mass is 408 g/mol. The summed E-state index contributed by atoms with van der Waals surface area (Å²) < 4.78 is 32.2. The Kier molecular flexibility index (Phi) is 6.16. The number of carbonyl (C=O) groups excluding carboxylic acids is 1. The molecule has 1 fully saturated rings. The van der Waals surface area contributed by atoms with Crippen LogP contribution in [0.25, 0.3) is 0 Å². The molecule has 0 aliphatic carbocycles. The van der Waals surface area contributed by atoms with Gasteiger partial charge < -0.3 is 10.1 Å². The van der Waals surface area contributed by atoms with Crippen LogP contribution in [0.3, 0.4) is 0 Å². The van der Waals surface area contributed by atoms with Crippen molar-refractivity contribution in [3.63, 3.8) is 0 Å². The Hall–Kier alpha value is -1.93. The highest BCUT2D eigenvalue weighted by molar-refractivity contribution is 7.89. The van der Waals surface area contributed by atoms with Gasteiger partial charge in [-0.25, -0.2) is 8.42 Å². The van der Waals surface area contributed by atoms with E-state index in [9.17, 15) is 13.2 Å². The van der Waals surface area contributed by atoms with Crippen molar-refractivity contribution in [3.05, 3.63) is 58.6 Å². The number of carbonyl (C=O) groups is 1. The molecule has 144 valence electrons. The van der Waals surface area contributed by atoms with Crippen LogP contribution in [0.5, 0.6) is 0 Å². The van der Waals surface area contributed by atoms with Gasteiger partial charge in [-0.15, -0.1) is 0 Å². The predicted octanol–water partition coefficient (Wildman–Crippen LogP) is 3.18. The summed E-state index contributed by atoms with van der Waals surface area (Å²) in [4.78, 5) is 12.8. The Morgan fingerprint density at radius 2 is 1.89 bits per heavy atom. The van der Waals surface area contributed by atoms with Gasteiger partial charge in [-0.05, 0) is 36.2 Å². The Balaban J connectivity index is 1.90. The number of benzene rings is 2. The summed E-state index contributed by atoms with van der Waals surface area (Å²) in [6.07, 6.45) is 0.760. The molecule has 1 aliphatic rings. The lowest BCUT2D eigenvalue weighted by molar-refractivity contribution is 0.0730. The van der Waals surface area contributed by atoms with Crippen LogP contribution in [0.2, 0.25) is 5.02 Å². The van der Waals surface area contributed by atoms with E-state index in [1.54, 1.807) is 6.07 Å². The first-order valence-electron chi connectivity index (χ1n) is 8.70. The Labute approximate surface area is 164 Å². The predicted molar refractivity (Wildman–Crippen MR) is 105 cm³/mol. The molecule has 0 atom stereocenters. The summed E-state index contributed by atoms with van der Waals surface area (Å²) in [5.74, 6) is -0.445. The molecule has 1 heterocycles. The van der Waals surface area contributed by atoms with E-state index in [4.69, 9.17) is 16.3 Å². The molecule has 1 aliphatic heterocycles. The molecular weight excluding hydrogens is 388 g/mol. The van der Waals surface area contributed by atoms with Gasteiger partial charge in [0.15, 0.2) is 0 Å². The maximum Gasteiger partial charge on any atom is 0.257 e. The van der Waals surface area contributed by atoms with Crippen LogP contribution in [-0.4, -0.2) is 44.9 Å². The van der Waals surface area contributed by atoms with Gasteiger partial charge in [0, 0.05) is 18.8 Å². The molecule has 1 N–H and O–H groups in total. The molecule has 0 radical (unpaired) electrons. The number of rotatable bonds is 5. The zero-order valence-corrected chi connectivity index (χ0v) is 16.5. The third kappa shape index (κ3) is 4.32. The first kappa shape index (κ1) is 19.8. The van der Waals surface area contributed by atoms with Gasteiger partial charge in [-0.3, -0.25) is 4.79 Å². The zero-order valence-electron chi connectivity index (χ0n) is 14.9. The van der Waals surface area contributed by atoms with Crippen LogP contribution in [-0.2, 0) is 21.2 Å². The zero-order chi connectivity index (χ0) is 19.4. The Bertz CT molecular complexity index is 940. The Morgan fingerprint density at radius 1 is 1.19 bits per heavy atom. The van der Waals surface area contributed by atoms with E-state index in [1.807, 2.05) is 25.1 Å². The lowest BCUT2D eigenvalue weighted by Crippen LogP contribution is -2.40. The normalized spacial score (nSPS) is 15.5. The topological polar surface area (TPSA) is 75.7 Å². The van der Waals surface area contributed by atoms with Crippen molar-refractivity contribution >= 4 is 33.2 Å². The van der Waals surface area contributed by atoms with Crippen molar-refractivity contribution in [2.24, 2.45) is 0 Å². The summed E-state index contributed by atoms with van der Waals surface area (Å²) in [7, 11) is -3.71. The second-order valence-electron chi connectivity index (χ2n) is 6.12. The summed E-state index contributed by atoms with van der Waals surface area (Å²) in [5.41, 5.74) is 1.79. The van der Waals surface area contributed by atoms with Crippen molar-refractivity contribution in [2.45, 2.75) is 18.2 Å². The molecule has 8 heteroatoms. The molecule has 1 saturated heterocycles. The number of amides is 1. The van der Waals surface area contributed by atoms with Gasteiger partial charge in [0.05, 0.1) is 28.7 Å². The molecule has 0 spiro atoms. The highest BCUT2D eigenvalue weighted by Crippen LogP contribution is 2.25. The SMILES string of the molecule is CCc1ccccc1NC(=O)c1cc(S(=O)(=O)N2CCOCC2)ccc1Cl. The number of para-hydroxylation sites is 1. The second kappa shape index (κ2) is 8.39. The van der Waals surface area contributed by atoms with Gasteiger partial charge in [0.1, 0.15) is 0 Å². The van der Waals surface area contributed by atoms with Gasteiger partial charge in [0.2, 0.25) is 10.0 Å². The number of morpholine rings is 1. The van der Waals surface area contributed by atoms with Crippen LogP contribution in [0.1, 0.15) is 22.8 Å². The lowest BCUT2D eigenvalue weighted by Gasteiger charge is -2.26. The summed E-state index contributed by atoms with van der Waals surface area (Å²) in [5, 5.41) is 3.02. The molecule has 6 nitrogen and oxygen atoms in total. The summed E-state index contributed by atoms with van der Waals surface area (Å²) in [6, 6.07) is 11.7. The van der Waals surface area contributed by atoms with E-state index < -0.39 is 15.9 Å². The van der Waals surface area contributed by atoms with Crippen LogP contribution in [0.15, 0.2) is 47.4 Å². The van der Waals surface area contributed by atoms with E-state index >= 15 is 0 Å². The van der Waals surface area contributed by atoms with Crippen LogP contribution >= 0.6 is 11.6 Å². The largest absolute Gasteiger partial charge is 0.379 e. The number of aryl methyl sites for hydroxylation is 1. The van der Waals surface area contributed by atoms with E-state index in [-0.39, 0.29) is 28.6 Å². The fourth-order valence-corrected chi connectivity index (χ4v) is 4.55. The average molecular weight is 409 g/mol. The molecule has 1 amide bonds. The molecule has 0 bridgehead atoms. The first-order valence-corrected chi connectivity index (χ1v) is 10.5. The summed E-state index contributed by atoms with van der Waals surface area (Å²) in [6.45, 7) is 3.28. The smallest absolute Gasteiger partial charge is 0.257 e. The molecule has 2 aromatic rings. The number of halogens is 1.